The molecule has 0 unspecified atom stereocenters. The lowest BCUT2D eigenvalue weighted by molar-refractivity contribution is 0.286. The first-order chi connectivity index (χ1) is 9.19. The normalized spacial score (nSPS) is 11.4. The van der Waals surface area contributed by atoms with Crippen LogP contribution in [0.1, 0.15) is 23.8 Å². The lowest BCUT2D eigenvalue weighted by atomic mass is 10.2. The molecule has 0 aliphatic heterocycles. The minimum Gasteiger partial charge on any atom is -0.468 e. The molecular formula is C14H19BrN2OS. The summed E-state index contributed by atoms with van der Waals surface area (Å²) in [6.45, 7) is 5.73. The van der Waals surface area contributed by atoms with Gasteiger partial charge in [-0.15, -0.1) is 11.3 Å². The quantitative estimate of drug-likeness (QED) is 0.828. The minimum absolute atomic E-state index is 0.835. The first-order valence-electron chi connectivity index (χ1n) is 6.36. The highest BCUT2D eigenvalue weighted by molar-refractivity contribution is 9.11. The molecule has 0 saturated heterocycles. The number of thiophene rings is 1. The summed E-state index contributed by atoms with van der Waals surface area (Å²) >= 11 is 5.22. The Kier molecular flexibility index (Phi) is 5.63. The topological polar surface area (TPSA) is 28.4 Å². The van der Waals surface area contributed by atoms with Crippen LogP contribution in [0.15, 0.2) is 32.0 Å². The second-order valence-corrected chi connectivity index (χ2v) is 6.87. The van der Waals surface area contributed by atoms with Gasteiger partial charge in [0.15, 0.2) is 0 Å². The van der Waals surface area contributed by atoms with Crippen molar-refractivity contribution in [2.45, 2.75) is 26.6 Å². The molecule has 19 heavy (non-hydrogen) atoms. The van der Waals surface area contributed by atoms with Gasteiger partial charge < -0.3 is 9.73 Å². The van der Waals surface area contributed by atoms with Gasteiger partial charge in [0.25, 0.3) is 0 Å². The summed E-state index contributed by atoms with van der Waals surface area (Å²) in [6.07, 6.45) is 1.77. The smallest absolute Gasteiger partial charge is 0.122 e. The second-order valence-electron chi connectivity index (χ2n) is 4.58. The van der Waals surface area contributed by atoms with Crippen LogP contribution in [-0.2, 0) is 19.6 Å². The largest absolute Gasteiger partial charge is 0.468 e. The number of halogens is 1. The molecule has 0 aliphatic carbocycles. The van der Waals surface area contributed by atoms with Crippen LogP contribution < -0.4 is 5.32 Å². The van der Waals surface area contributed by atoms with E-state index in [0.717, 1.165) is 31.9 Å². The maximum absolute atomic E-state index is 5.59. The maximum atomic E-state index is 5.59. The van der Waals surface area contributed by atoms with Crippen LogP contribution in [0.2, 0.25) is 0 Å². The van der Waals surface area contributed by atoms with Crippen molar-refractivity contribution >= 4 is 27.3 Å². The van der Waals surface area contributed by atoms with Gasteiger partial charge in [-0.1, -0.05) is 6.92 Å². The van der Waals surface area contributed by atoms with E-state index in [9.17, 15) is 0 Å². The molecule has 0 saturated carbocycles. The highest BCUT2D eigenvalue weighted by atomic mass is 79.9. The van der Waals surface area contributed by atoms with Gasteiger partial charge in [-0.3, -0.25) is 4.90 Å². The van der Waals surface area contributed by atoms with Crippen molar-refractivity contribution in [3.05, 3.63) is 44.4 Å². The molecule has 1 N–H and O–H groups in total. The predicted molar refractivity (Wildman–Crippen MR) is 83.3 cm³/mol. The Morgan fingerprint density at radius 3 is 2.95 bits per heavy atom. The molecule has 2 heterocycles. The van der Waals surface area contributed by atoms with Gasteiger partial charge in [0, 0.05) is 18.7 Å². The van der Waals surface area contributed by atoms with E-state index in [0.29, 0.717) is 0 Å². The molecular weight excluding hydrogens is 324 g/mol. The SMILES string of the molecule is CCNCc1ccoc1CN(C)Cc1csc(Br)c1. The molecule has 0 atom stereocenters. The van der Waals surface area contributed by atoms with Gasteiger partial charge >= 0.3 is 0 Å². The van der Waals surface area contributed by atoms with Crippen molar-refractivity contribution in [2.24, 2.45) is 0 Å². The van der Waals surface area contributed by atoms with Crippen molar-refractivity contribution in [1.82, 2.24) is 10.2 Å². The van der Waals surface area contributed by atoms with Crippen LogP contribution in [0.3, 0.4) is 0 Å². The molecule has 2 aromatic rings. The lowest BCUT2D eigenvalue weighted by Gasteiger charge is -2.15. The van der Waals surface area contributed by atoms with E-state index in [2.05, 4.69) is 51.6 Å². The van der Waals surface area contributed by atoms with Gasteiger partial charge in [0.05, 0.1) is 16.6 Å². The second kappa shape index (κ2) is 7.24. The molecule has 0 aromatic carbocycles. The van der Waals surface area contributed by atoms with Gasteiger partial charge in [0.1, 0.15) is 5.76 Å². The van der Waals surface area contributed by atoms with Crippen LogP contribution in [0.25, 0.3) is 0 Å². The molecule has 2 aromatic heterocycles. The Morgan fingerprint density at radius 2 is 2.26 bits per heavy atom. The van der Waals surface area contributed by atoms with Crippen molar-refractivity contribution < 1.29 is 4.42 Å². The first kappa shape index (κ1) is 14.8. The van der Waals surface area contributed by atoms with Gasteiger partial charge in [-0.05, 0) is 52.6 Å². The highest BCUT2D eigenvalue weighted by Crippen LogP contribution is 2.22. The molecule has 0 amide bonds. The Morgan fingerprint density at radius 1 is 1.42 bits per heavy atom. The molecule has 0 spiro atoms. The van der Waals surface area contributed by atoms with Crippen molar-refractivity contribution in [3.63, 3.8) is 0 Å². The predicted octanol–water partition coefficient (Wildman–Crippen LogP) is 3.85. The monoisotopic (exact) mass is 342 g/mol. The van der Waals surface area contributed by atoms with E-state index in [1.807, 2.05) is 6.07 Å². The Labute approximate surface area is 126 Å². The number of nitrogens with one attached hydrogen (secondary N) is 1. The maximum Gasteiger partial charge on any atom is 0.122 e. The van der Waals surface area contributed by atoms with Crippen molar-refractivity contribution in [3.8, 4) is 0 Å². The average Bonchev–Trinajstić information content (AvgIpc) is 2.96. The fraction of sp³-hybridized carbons (Fsp3) is 0.429. The van der Waals surface area contributed by atoms with Crippen LogP contribution in [-0.4, -0.2) is 18.5 Å². The Bertz CT molecular complexity index is 509. The standard InChI is InChI=1S/C14H19BrN2OS/c1-3-16-7-12-4-5-18-13(12)9-17(2)8-11-6-14(15)19-10-11/h4-6,10,16H,3,7-9H2,1-2H3. The first-order valence-corrected chi connectivity index (χ1v) is 8.03. The van der Waals surface area contributed by atoms with Crippen LogP contribution in [0.5, 0.6) is 0 Å². The Balaban J connectivity index is 1.91. The summed E-state index contributed by atoms with van der Waals surface area (Å²) in [5, 5.41) is 5.52. The number of hydrogen-bond donors (Lipinski definition) is 1. The van der Waals surface area contributed by atoms with Gasteiger partial charge in [-0.25, -0.2) is 0 Å². The zero-order valence-corrected chi connectivity index (χ0v) is 13.7. The van der Waals surface area contributed by atoms with Crippen molar-refractivity contribution in [1.29, 1.82) is 0 Å². The third-order valence-electron chi connectivity index (χ3n) is 2.89. The fourth-order valence-electron chi connectivity index (χ4n) is 1.96. The number of hydrogen-bond acceptors (Lipinski definition) is 4. The number of rotatable bonds is 7. The van der Waals surface area contributed by atoms with E-state index in [-0.39, 0.29) is 0 Å². The van der Waals surface area contributed by atoms with Crippen LogP contribution in [0, 0.1) is 0 Å². The van der Waals surface area contributed by atoms with E-state index >= 15 is 0 Å². The zero-order chi connectivity index (χ0) is 13.7. The average molecular weight is 343 g/mol. The zero-order valence-electron chi connectivity index (χ0n) is 11.3. The Hall–Kier alpha value is -0.620. The number of furan rings is 1. The van der Waals surface area contributed by atoms with E-state index in [1.165, 1.54) is 14.9 Å². The molecule has 5 heteroatoms. The highest BCUT2D eigenvalue weighted by Gasteiger charge is 2.10. The van der Waals surface area contributed by atoms with E-state index in [4.69, 9.17) is 4.42 Å². The fourth-order valence-corrected chi connectivity index (χ4v) is 3.16. The summed E-state index contributed by atoms with van der Waals surface area (Å²) in [5.41, 5.74) is 2.58. The van der Waals surface area contributed by atoms with Crippen LogP contribution in [0.4, 0.5) is 0 Å². The molecule has 0 aliphatic rings. The lowest BCUT2D eigenvalue weighted by Crippen LogP contribution is -2.19. The molecule has 0 bridgehead atoms. The molecule has 2 rings (SSSR count). The van der Waals surface area contributed by atoms with Gasteiger partial charge in [0.2, 0.25) is 0 Å². The molecule has 104 valence electrons. The summed E-state index contributed by atoms with van der Waals surface area (Å²) in [6, 6.07) is 4.22. The molecule has 0 fully saturated rings. The molecule has 3 nitrogen and oxygen atoms in total. The van der Waals surface area contributed by atoms with Crippen LogP contribution >= 0.6 is 27.3 Å². The van der Waals surface area contributed by atoms with E-state index < -0.39 is 0 Å². The minimum atomic E-state index is 0.835. The summed E-state index contributed by atoms with van der Waals surface area (Å²) in [7, 11) is 2.12. The summed E-state index contributed by atoms with van der Waals surface area (Å²) in [4.78, 5) is 2.27. The molecule has 0 radical (unpaired) electrons. The van der Waals surface area contributed by atoms with E-state index in [1.54, 1.807) is 17.6 Å². The summed E-state index contributed by atoms with van der Waals surface area (Å²) in [5.74, 6) is 1.05. The number of nitrogens with zero attached hydrogens (tertiary/aromatic N) is 1. The summed E-state index contributed by atoms with van der Waals surface area (Å²) < 4.78 is 6.77. The third-order valence-corrected chi connectivity index (χ3v) is 4.44. The van der Waals surface area contributed by atoms with Crippen molar-refractivity contribution in [2.75, 3.05) is 13.6 Å². The third kappa shape index (κ3) is 4.45. The van der Waals surface area contributed by atoms with Gasteiger partial charge in [-0.2, -0.15) is 0 Å².